The zero-order valence-electron chi connectivity index (χ0n) is 13.3. The molecule has 7 heteroatoms. The maximum Gasteiger partial charge on any atom is 0.257 e. The lowest BCUT2D eigenvalue weighted by Crippen LogP contribution is -2.34. The molecule has 0 aromatic heterocycles. The lowest BCUT2D eigenvalue weighted by molar-refractivity contribution is 0.0977. The average molecular weight is 456 g/mol. The fourth-order valence-electron chi connectivity index (χ4n) is 1.95. The maximum atomic E-state index is 12.2. The molecule has 0 aliphatic rings. The predicted molar refractivity (Wildman–Crippen MR) is 107 cm³/mol. The Kier molecular flexibility index (Phi) is 6.80. The van der Waals surface area contributed by atoms with Crippen LogP contribution < -0.4 is 20.1 Å². The van der Waals surface area contributed by atoms with Crippen LogP contribution in [0.25, 0.3) is 0 Å². The van der Waals surface area contributed by atoms with Crippen LogP contribution in [-0.4, -0.2) is 24.7 Å². The number of hydrogen-bond donors (Lipinski definition) is 2. The van der Waals surface area contributed by atoms with E-state index in [2.05, 4.69) is 33.2 Å². The highest BCUT2D eigenvalue weighted by Gasteiger charge is 2.10. The molecule has 0 fully saturated rings. The fourth-order valence-corrected chi connectivity index (χ4v) is 2.89. The first-order valence-corrected chi connectivity index (χ1v) is 8.71. The highest BCUT2D eigenvalue weighted by molar-refractivity contribution is 14.1. The van der Waals surface area contributed by atoms with Crippen molar-refractivity contribution in [1.29, 1.82) is 0 Å². The van der Waals surface area contributed by atoms with Gasteiger partial charge in [-0.05, 0) is 84.2 Å². The third-order valence-electron chi connectivity index (χ3n) is 3.06. The number of carbonyl (C=O) groups is 1. The Balaban J connectivity index is 1.96. The second-order valence-corrected chi connectivity index (χ2v) is 6.29. The molecule has 0 saturated heterocycles. The molecule has 0 bridgehead atoms. The van der Waals surface area contributed by atoms with Gasteiger partial charge in [0.15, 0.2) is 5.11 Å². The number of methoxy groups -OCH3 is 1. The van der Waals surface area contributed by atoms with Crippen molar-refractivity contribution in [2.45, 2.75) is 6.92 Å². The molecule has 2 rings (SSSR count). The summed E-state index contributed by atoms with van der Waals surface area (Å²) in [6.45, 7) is 2.54. The van der Waals surface area contributed by atoms with Gasteiger partial charge < -0.3 is 14.8 Å². The van der Waals surface area contributed by atoms with Crippen molar-refractivity contribution in [2.24, 2.45) is 0 Å². The van der Waals surface area contributed by atoms with Gasteiger partial charge in [0.05, 0.1) is 17.3 Å². The van der Waals surface area contributed by atoms with E-state index < -0.39 is 0 Å². The van der Waals surface area contributed by atoms with Crippen LogP contribution in [0.4, 0.5) is 5.69 Å². The second kappa shape index (κ2) is 8.84. The topological polar surface area (TPSA) is 59.6 Å². The maximum absolute atomic E-state index is 12.2. The predicted octanol–water partition coefficient (Wildman–Crippen LogP) is 3.83. The minimum Gasteiger partial charge on any atom is -0.496 e. The minimum atomic E-state index is -0.279. The van der Waals surface area contributed by atoms with Crippen LogP contribution in [0.2, 0.25) is 0 Å². The van der Waals surface area contributed by atoms with Crippen molar-refractivity contribution >= 4 is 51.5 Å². The highest BCUT2D eigenvalue weighted by atomic mass is 127. The molecular weight excluding hydrogens is 439 g/mol. The first kappa shape index (κ1) is 18.5. The van der Waals surface area contributed by atoms with E-state index in [1.807, 2.05) is 31.2 Å². The Morgan fingerprint density at radius 2 is 1.92 bits per heavy atom. The molecular formula is C17H17IN2O3S. The van der Waals surface area contributed by atoms with E-state index >= 15 is 0 Å². The largest absolute Gasteiger partial charge is 0.496 e. The number of benzene rings is 2. The normalized spacial score (nSPS) is 9.96. The Morgan fingerprint density at radius 1 is 1.21 bits per heavy atom. The number of rotatable bonds is 5. The lowest BCUT2D eigenvalue weighted by Gasteiger charge is -2.11. The molecule has 0 aliphatic carbocycles. The van der Waals surface area contributed by atoms with Gasteiger partial charge in [-0.3, -0.25) is 10.1 Å². The van der Waals surface area contributed by atoms with Crippen molar-refractivity contribution < 1.29 is 14.3 Å². The molecule has 5 nitrogen and oxygen atoms in total. The van der Waals surface area contributed by atoms with Crippen LogP contribution in [0, 0.1) is 3.57 Å². The molecule has 2 N–H and O–H groups in total. The van der Waals surface area contributed by atoms with Crippen LogP contribution in [0.3, 0.4) is 0 Å². The highest BCUT2D eigenvalue weighted by Crippen LogP contribution is 2.21. The second-order valence-electron chi connectivity index (χ2n) is 4.71. The molecule has 0 aliphatic heterocycles. The molecule has 0 unspecified atom stereocenters. The monoisotopic (exact) mass is 456 g/mol. The zero-order valence-corrected chi connectivity index (χ0v) is 16.2. The number of thiocarbonyl (C=S) groups is 1. The van der Waals surface area contributed by atoms with Crippen LogP contribution in [0.1, 0.15) is 17.3 Å². The summed E-state index contributed by atoms with van der Waals surface area (Å²) in [5.74, 6) is 1.23. The van der Waals surface area contributed by atoms with Crippen LogP contribution >= 0.6 is 34.8 Å². The van der Waals surface area contributed by atoms with Gasteiger partial charge in [0.25, 0.3) is 5.91 Å². The van der Waals surface area contributed by atoms with Gasteiger partial charge in [-0.15, -0.1) is 0 Å². The number of amides is 1. The molecule has 0 atom stereocenters. The van der Waals surface area contributed by atoms with Crippen molar-refractivity contribution in [1.82, 2.24) is 5.32 Å². The van der Waals surface area contributed by atoms with Gasteiger partial charge >= 0.3 is 0 Å². The van der Waals surface area contributed by atoms with Gasteiger partial charge in [-0.1, -0.05) is 0 Å². The molecule has 0 spiro atoms. The van der Waals surface area contributed by atoms with E-state index in [4.69, 9.17) is 21.7 Å². The quantitative estimate of drug-likeness (QED) is 0.529. The van der Waals surface area contributed by atoms with E-state index in [0.29, 0.717) is 12.2 Å². The van der Waals surface area contributed by atoms with E-state index in [-0.39, 0.29) is 11.0 Å². The summed E-state index contributed by atoms with van der Waals surface area (Å²) >= 11 is 7.29. The van der Waals surface area contributed by atoms with Crippen molar-refractivity contribution in [2.75, 3.05) is 19.0 Å². The van der Waals surface area contributed by atoms with Crippen molar-refractivity contribution in [3.63, 3.8) is 0 Å². The first-order chi connectivity index (χ1) is 11.5. The Morgan fingerprint density at radius 3 is 2.50 bits per heavy atom. The van der Waals surface area contributed by atoms with Crippen molar-refractivity contribution in [3.8, 4) is 11.5 Å². The summed E-state index contributed by atoms with van der Waals surface area (Å²) < 4.78 is 11.4. The standard InChI is InChI=1S/C17H17IN2O3S/c1-3-23-13-7-5-12(6-8-13)19-17(24)20-16(21)11-4-9-15(22-2)14(18)10-11/h4-10H,3H2,1-2H3,(H2,19,20,21,24). The molecule has 126 valence electrons. The van der Waals surface area contributed by atoms with E-state index in [9.17, 15) is 4.79 Å². The lowest BCUT2D eigenvalue weighted by atomic mass is 10.2. The fraction of sp³-hybridized carbons (Fsp3) is 0.176. The Labute approximate surface area is 159 Å². The van der Waals surface area contributed by atoms with Crippen molar-refractivity contribution in [3.05, 3.63) is 51.6 Å². The average Bonchev–Trinajstić information content (AvgIpc) is 2.56. The minimum absolute atomic E-state index is 0.231. The van der Waals surface area contributed by atoms with E-state index in [1.54, 1.807) is 25.3 Å². The molecule has 2 aromatic carbocycles. The molecule has 2 aromatic rings. The molecule has 24 heavy (non-hydrogen) atoms. The number of hydrogen-bond acceptors (Lipinski definition) is 4. The van der Waals surface area contributed by atoms with Crippen LogP contribution in [-0.2, 0) is 0 Å². The molecule has 1 amide bonds. The van der Waals surface area contributed by atoms with E-state index in [1.165, 1.54) is 0 Å². The summed E-state index contributed by atoms with van der Waals surface area (Å²) in [7, 11) is 1.59. The summed E-state index contributed by atoms with van der Waals surface area (Å²) in [6, 6.07) is 12.5. The van der Waals surface area contributed by atoms with Gasteiger partial charge in [0.2, 0.25) is 0 Å². The van der Waals surface area contributed by atoms with E-state index in [0.717, 1.165) is 20.8 Å². The molecule has 0 saturated carbocycles. The van der Waals surface area contributed by atoms with Crippen LogP contribution in [0.15, 0.2) is 42.5 Å². The Bertz CT molecular complexity index is 735. The number of ether oxygens (including phenoxy) is 2. The first-order valence-electron chi connectivity index (χ1n) is 7.22. The third kappa shape index (κ3) is 5.07. The summed E-state index contributed by atoms with van der Waals surface area (Å²) in [5.41, 5.74) is 1.28. The third-order valence-corrected chi connectivity index (χ3v) is 4.11. The van der Waals surface area contributed by atoms with Gasteiger partial charge in [-0.2, -0.15) is 0 Å². The SMILES string of the molecule is CCOc1ccc(NC(=S)NC(=O)c2ccc(OC)c(I)c2)cc1. The molecule has 0 radical (unpaired) electrons. The molecule has 0 heterocycles. The summed E-state index contributed by atoms with van der Waals surface area (Å²) in [6.07, 6.45) is 0. The number of carbonyl (C=O) groups excluding carboxylic acids is 1. The van der Waals surface area contributed by atoms with Gasteiger partial charge in [0.1, 0.15) is 11.5 Å². The van der Waals surface area contributed by atoms with Gasteiger partial charge in [0, 0.05) is 11.3 Å². The number of nitrogens with one attached hydrogen (secondary N) is 2. The Hall–Kier alpha value is -1.87. The van der Waals surface area contributed by atoms with Gasteiger partial charge in [-0.25, -0.2) is 0 Å². The summed E-state index contributed by atoms with van der Waals surface area (Å²) in [5, 5.41) is 5.85. The number of halogens is 1. The number of anilines is 1. The zero-order chi connectivity index (χ0) is 17.5. The smallest absolute Gasteiger partial charge is 0.257 e. The van der Waals surface area contributed by atoms with Crippen LogP contribution in [0.5, 0.6) is 11.5 Å². The summed E-state index contributed by atoms with van der Waals surface area (Å²) in [4.78, 5) is 12.2.